The van der Waals surface area contributed by atoms with Gasteiger partial charge in [0, 0.05) is 36.9 Å². The third-order valence-corrected chi connectivity index (χ3v) is 4.45. The summed E-state index contributed by atoms with van der Waals surface area (Å²) in [5.41, 5.74) is 2.21. The van der Waals surface area contributed by atoms with Crippen LogP contribution < -0.4 is 15.4 Å². The van der Waals surface area contributed by atoms with Crippen LogP contribution in [0.2, 0.25) is 0 Å². The lowest BCUT2D eigenvalue weighted by molar-refractivity contribution is -0.114. The van der Waals surface area contributed by atoms with Crippen LogP contribution in [0.25, 0.3) is 5.65 Å². The molecule has 3 heterocycles. The quantitative estimate of drug-likeness (QED) is 0.747. The van der Waals surface area contributed by atoms with Crippen LogP contribution in [-0.4, -0.2) is 27.8 Å². The first-order chi connectivity index (χ1) is 13.4. The summed E-state index contributed by atoms with van der Waals surface area (Å²) in [5, 5.41) is 5.48. The molecule has 0 saturated heterocycles. The second kappa shape index (κ2) is 6.75. The van der Waals surface area contributed by atoms with Crippen LogP contribution >= 0.6 is 0 Å². The van der Waals surface area contributed by atoms with E-state index in [1.807, 2.05) is 19.1 Å². The van der Waals surface area contributed by atoms with Gasteiger partial charge in [-0.2, -0.15) is 0 Å². The summed E-state index contributed by atoms with van der Waals surface area (Å²) in [6.45, 7) is 3.61. The number of nitrogens with zero attached hydrogens (tertiary/aromatic N) is 2. The Morgan fingerprint density at radius 2 is 2.15 bits per heavy atom. The van der Waals surface area contributed by atoms with Crippen LogP contribution in [0.5, 0.6) is 5.75 Å². The predicted molar refractivity (Wildman–Crippen MR) is 101 cm³/mol. The predicted octanol–water partition coefficient (Wildman–Crippen LogP) is 2.85. The monoisotopic (exact) mass is 365 g/mol. The zero-order chi connectivity index (χ0) is 19.9. The molecule has 7 heteroatoms. The lowest BCUT2D eigenvalue weighted by atomic mass is 10.0. The third kappa shape index (κ3) is 3.23. The van der Waals surface area contributed by atoms with Crippen LogP contribution in [0.1, 0.15) is 42.3 Å². The SMILES string of the molecule is [2H]C1(NC(=O)c2ccn3c(C)cc(NC(C)=O)nc23)CCOc2ccccc21. The second-order valence-corrected chi connectivity index (χ2v) is 6.41. The fourth-order valence-electron chi connectivity index (χ4n) is 3.23. The number of hydrogen-bond acceptors (Lipinski definition) is 4. The topological polar surface area (TPSA) is 84.7 Å². The Kier molecular flexibility index (Phi) is 3.97. The minimum atomic E-state index is -1.29. The Balaban J connectivity index is 1.70. The van der Waals surface area contributed by atoms with Crippen molar-refractivity contribution in [1.29, 1.82) is 0 Å². The first-order valence-electron chi connectivity index (χ1n) is 9.18. The normalized spacial score (nSPS) is 19.0. The molecule has 0 spiro atoms. The minimum Gasteiger partial charge on any atom is -0.493 e. The molecule has 7 nitrogen and oxygen atoms in total. The molecular weight excluding hydrogens is 344 g/mol. The van der Waals surface area contributed by atoms with E-state index in [0.717, 1.165) is 5.69 Å². The van der Waals surface area contributed by atoms with Crippen molar-refractivity contribution in [3.05, 3.63) is 59.4 Å². The summed E-state index contributed by atoms with van der Waals surface area (Å²) in [7, 11) is 0. The molecule has 0 fully saturated rings. The van der Waals surface area contributed by atoms with Gasteiger partial charge < -0.3 is 19.8 Å². The number of carbonyl (C=O) groups excluding carboxylic acids is 2. The van der Waals surface area contributed by atoms with Gasteiger partial charge in [0.1, 0.15) is 11.6 Å². The van der Waals surface area contributed by atoms with Crippen LogP contribution in [0, 0.1) is 6.92 Å². The molecular formula is C20H20N4O3. The Morgan fingerprint density at radius 3 is 2.96 bits per heavy atom. The van der Waals surface area contributed by atoms with E-state index in [-0.39, 0.29) is 5.91 Å². The number of nitrogens with one attached hydrogen (secondary N) is 2. The Morgan fingerprint density at radius 1 is 1.33 bits per heavy atom. The van der Waals surface area contributed by atoms with E-state index in [2.05, 4.69) is 15.6 Å². The largest absolute Gasteiger partial charge is 0.493 e. The van der Waals surface area contributed by atoms with Gasteiger partial charge >= 0.3 is 0 Å². The number of para-hydroxylation sites is 1. The number of rotatable bonds is 3. The Bertz CT molecular complexity index is 1090. The maximum atomic E-state index is 13.0. The van der Waals surface area contributed by atoms with Gasteiger partial charge in [-0.25, -0.2) is 4.98 Å². The first kappa shape index (κ1) is 15.9. The van der Waals surface area contributed by atoms with E-state index in [9.17, 15) is 9.59 Å². The molecule has 1 unspecified atom stereocenters. The summed E-state index contributed by atoms with van der Waals surface area (Å²) >= 11 is 0. The molecule has 0 aliphatic carbocycles. The van der Waals surface area contributed by atoms with Gasteiger partial charge in [-0.1, -0.05) is 18.2 Å². The smallest absolute Gasteiger partial charge is 0.255 e. The summed E-state index contributed by atoms with van der Waals surface area (Å²) in [4.78, 5) is 28.8. The molecule has 1 aliphatic rings. The van der Waals surface area contributed by atoms with E-state index in [0.29, 0.717) is 41.4 Å². The van der Waals surface area contributed by atoms with Crippen molar-refractivity contribution in [2.24, 2.45) is 0 Å². The van der Waals surface area contributed by atoms with Crippen LogP contribution in [0.3, 0.4) is 0 Å². The number of hydrogen-bond donors (Lipinski definition) is 2. The third-order valence-electron chi connectivity index (χ3n) is 4.45. The van der Waals surface area contributed by atoms with Crippen molar-refractivity contribution in [2.45, 2.75) is 26.3 Å². The van der Waals surface area contributed by atoms with Gasteiger partial charge in [0.2, 0.25) is 5.91 Å². The molecule has 0 bridgehead atoms. The molecule has 2 N–H and O–H groups in total. The number of ether oxygens (including phenoxy) is 1. The zero-order valence-corrected chi connectivity index (χ0v) is 15.1. The van der Waals surface area contributed by atoms with Crippen molar-refractivity contribution in [3.63, 3.8) is 0 Å². The van der Waals surface area contributed by atoms with Gasteiger partial charge in [0.25, 0.3) is 5.91 Å². The minimum absolute atomic E-state index is 0.238. The van der Waals surface area contributed by atoms with Gasteiger partial charge in [-0.05, 0) is 19.1 Å². The van der Waals surface area contributed by atoms with Crippen LogP contribution in [0.15, 0.2) is 42.6 Å². The summed E-state index contributed by atoms with van der Waals surface area (Å²) in [5.74, 6) is 0.341. The molecule has 0 saturated carbocycles. The summed E-state index contributed by atoms with van der Waals surface area (Å²) in [6, 6.07) is 9.35. The van der Waals surface area contributed by atoms with Crippen molar-refractivity contribution in [3.8, 4) is 5.75 Å². The van der Waals surface area contributed by atoms with Crippen molar-refractivity contribution < 1.29 is 15.7 Å². The molecule has 0 radical (unpaired) electrons. The standard InChI is InChI=1S/C20H20N4O3/c1-12-11-18(21-13(2)25)23-19-15(7-9-24(12)19)20(26)22-16-8-10-27-17-6-4-3-5-14(16)17/h3-7,9,11,16H,8,10H2,1-2H3,(H,22,26)(H,21,23,25)/i16D. The van der Waals surface area contributed by atoms with Crippen molar-refractivity contribution in [1.82, 2.24) is 14.7 Å². The molecule has 1 atom stereocenters. The van der Waals surface area contributed by atoms with Gasteiger partial charge in [-0.3, -0.25) is 9.59 Å². The molecule has 4 rings (SSSR count). The Labute approximate surface area is 157 Å². The number of fused-ring (bicyclic) bond motifs is 2. The van der Waals surface area contributed by atoms with E-state index < -0.39 is 11.9 Å². The highest BCUT2D eigenvalue weighted by Gasteiger charge is 2.24. The number of aryl methyl sites for hydroxylation is 1. The Hall–Kier alpha value is -3.35. The van der Waals surface area contributed by atoms with Crippen molar-refractivity contribution in [2.75, 3.05) is 11.9 Å². The fraction of sp³-hybridized carbons (Fsp3) is 0.250. The lowest BCUT2D eigenvalue weighted by Gasteiger charge is -2.26. The number of anilines is 1. The van der Waals surface area contributed by atoms with E-state index in [1.54, 1.807) is 34.9 Å². The van der Waals surface area contributed by atoms with Gasteiger partial charge in [-0.15, -0.1) is 0 Å². The number of benzene rings is 1. The first-order valence-corrected chi connectivity index (χ1v) is 8.68. The molecule has 3 aromatic rings. The van der Waals surface area contributed by atoms with Crippen molar-refractivity contribution >= 4 is 23.3 Å². The molecule has 2 amide bonds. The second-order valence-electron chi connectivity index (χ2n) is 6.41. The number of amides is 2. The lowest BCUT2D eigenvalue weighted by Crippen LogP contribution is -2.32. The average molecular weight is 365 g/mol. The van der Waals surface area contributed by atoms with Gasteiger partial charge in [0.15, 0.2) is 5.65 Å². The molecule has 27 heavy (non-hydrogen) atoms. The van der Waals surface area contributed by atoms with Gasteiger partial charge in [0.05, 0.1) is 19.6 Å². The van der Waals surface area contributed by atoms with E-state index in [4.69, 9.17) is 6.11 Å². The molecule has 1 aromatic carbocycles. The zero-order valence-electron chi connectivity index (χ0n) is 16.1. The fourth-order valence-corrected chi connectivity index (χ4v) is 3.23. The van der Waals surface area contributed by atoms with Crippen LogP contribution in [0.4, 0.5) is 5.82 Å². The molecule has 138 valence electrons. The number of carbonyl (C=O) groups is 2. The van der Waals surface area contributed by atoms with E-state index in [1.165, 1.54) is 6.92 Å². The maximum Gasteiger partial charge on any atom is 0.255 e. The highest BCUT2D eigenvalue weighted by atomic mass is 16.5. The summed E-state index contributed by atoms with van der Waals surface area (Å²) in [6.07, 6.45) is 2.09. The average Bonchev–Trinajstić information content (AvgIpc) is 3.06. The summed E-state index contributed by atoms with van der Waals surface area (Å²) < 4.78 is 16.2. The highest BCUT2D eigenvalue weighted by molar-refractivity contribution is 6.00. The van der Waals surface area contributed by atoms with E-state index >= 15 is 0 Å². The molecule has 2 aromatic heterocycles. The highest BCUT2D eigenvalue weighted by Crippen LogP contribution is 2.32. The maximum absolute atomic E-state index is 13.0. The molecule has 1 aliphatic heterocycles. The number of aromatic nitrogens is 2. The van der Waals surface area contributed by atoms with Crippen LogP contribution in [-0.2, 0) is 4.79 Å².